The quantitative estimate of drug-likeness (QED) is 0.781. The summed E-state index contributed by atoms with van der Waals surface area (Å²) in [5.41, 5.74) is 0.991. The van der Waals surface area contributed by atoms with E-state index in [1.54, 1.807) is 29.7 Å². The summed E-state index contributed by atoms with van der Waals surface area (Å²) in [7, 11) is 0. The summed E-state index contributed by atoms with van der Waals surface area (Å²) in [5, 5.41) is 6.44. The molecule has 1 aromatic rings. The van der Waals surface area contributed by atoms with Crippen LogP contribution in [0.1, 0.15) is 17.5 Å². The van der Waals surface area contributed by atoms with E-state index in [0.717, 1.165) is 30.2 Å². The number of pyridine rings is 1. The van der Waals surface area contributed by atoms with Crippen molar-refractivity contribution in [3.8, 4) is 0 Å². The Kier molecular flexibility index (Phi) is 8.37. The van der Waals surface area contributed by atoms with E-state index in [-0.39, 0.29) is 29.7 Å². The van der Waals surface area contributed by atoms with Crippen LogP contribution in [-0.4, -0.2) is 41.2 Å². The highest BCUT2D eigenvalue weighted by molar-refractivity contribution is 7.99. The summed E-state index contributed by atoms with van der Waals surface area (Å²) in [6.45, 7) is 0.761. The molecule has 20 heavy (non-hydrogen) atoms. The molecular weight excluding hydrogens is 314 g/mol. The first-order valence-electron chi connectivity index (χ1n) is 6.36. The zero-order valence-electron chi connectivity index (χ0n) is 11.4. The van der Waals surface area contributed by atoms with Crippen molar-refractivity contribution < 1.29 is 4.79 Å². The molecule has 0 saturated carbocycles. The molecule has 2 rings (SSSR count). The van der Waals surface area contributed by atoms with Crippen LogP contribution in [-0.2, 0) is 4.79 Å². The molecule has 0 spiro atoms. The van der Waals surface area contributed by atoms with Gasteiger partial charge in [-0.2, -0.15) is 11.8 Å². The molecular formula is C13H20ClN3OS2. The predicted molar refractivity (Wildman–Crippen MR) is 89.6 cm³/mol. The minimum atomic E-state index is -0.105. The van der Waals surface area contributed by atoms with Crippen LogP contribution in [0.3, 0.4) is 0 Å². The largest absolute Gasteiger partial charge is 0.355 e. The molecule has 1 aliphatic heterocycles. The predicted octanol–water partition coefficient (Wildman–Crippen LogP) is 2.08. The number of amides is 1. The maximum absolute atomic E-state index is 12.0. The van der Waals surface area contributed by atoms with Crippen LogP contribution in [0.2, 0.25) is 0 Å². The van der Waals surface area contributed by atoms with Crippen LogP contribution in [0.15, 0.2) is 24.4 Å². The van der Waals surface area contributed by atoms with Crippen molar-refractivity contribution in [3.05, 3.63) is 30.1 Å². The fourth-order valence-corrected chi connectivity index (χ4v) is 3.51. The maximum Gasteiger partial charge on any atom is 0.238 e. The lowest BCUT2D eigenvalue weighted by Crippen LogP contribution is -2.43. The van der Waals surface area contributed by atoms with E-state index >= 15 is 0 Å². The smallest absolute Gasteiger partial charge is 0.238 e. The molecule has 2 heterocycles. The summed E-state index contributed by atoms with van der Waals surface area (Å²) < 4.78 is 0. The van der Waals surface area contributed by atoms with Crippen molar-refractivity contribution in [2.75, 3.05) is 24.3 Å². The molecule has 1 saturated heterocycles. The third-order valence-corrected chi connectivity index (χ3v) is 4.81. The lowest BCUT2D eigenvalue weighted by molar-refractivity contribution is -0.122. The standard InChI is InChI=1S/C13H19N3OS2.ClH/c1-18-8-4-7-15-12(17)11-9-19-13(16-11)10-5-2-3-6-14-10;/h2-3,5-6,11,13,16H,4,7-9H2,1H3,(H,15,17);1H. The second-order valence-electron chi connectivity index (χ2n) is 4.32. The van der Waals surface area contributed by atoms with Crippen molar-refractivity contribution in [1.29, 1.82) is 0 Å². The maximum atomic E-state index is 12.0. The first-order valence-corrected chi connectivity index (χ1v) is 8.81. The van der Waals surface area contributed by atoms with Gasteiger partial charge in [0.15, 0.2) is 0 Å². The Hall–Kier alpha value is -0.430. The minimum Gasteiger partial charge on any atom is -0.355 e. The molecule has 7 heteroatoms. The zero-order chi connectivity index (χ0) is 13.5. The fraction of sp³-hybridized carbons (Fsp3) is 0.538. The number of nitrogens with zero attached hydrogens (tertiary/aromatic N) is 1. The molecule has 1 amide bonds. The van der Waals surface area contributed by atoms with E-state index in [9.17, 15) is 4.79 Å². The Balaban J connectivity index is 0.00000200. The number of hydrogen-bond donors (Lipinski definition) is 2. The van der Waals surface area contributed by atoms with Crippen molar-refractivity contribution in [2.24, 2.45) is 0 Å². The molecule has 112 valence electrons. The van der Waals surface area contributed by atoms with Crippen LogP contribution in [0.4, 0.5) is 0 Å². The first-order chi connectivity index (χ1) is 9.31. The Morgan fingerprint density at radius 1 is 1.60 bits per heavy atom. The van der Waals surface area contributed by atoms with E-state index in [1.807, 2.05) is 18.2 Å². The molecule has 1 aromatic heterocycles. The third-order valence-electron chi connectivity index (χ3n) is 2.88. The number of nitrogens with one attached hydrogen (secondary N) is 2. The number of carbonyl (C=O) groups is 1. The molecule has 2 unspecified atom stereocenters. The average molecular weight is 334 g/mol. The minimum absolute atomic E-state index is 0. The third kappa shape index (κ3) is 5.16. The van der Waals surface area contributed by atoms with Gasteiger partial charge in [-0.05, 0) is 30.6 Å². The monoisotopic (exact) mass is 333 g/mol. The van der Waals surface area contributed by atoms with Crippen LogP contribution in [0.25, 0.3) is 0 Å². The van der Waals surface area contributed by atoms with E-state index in [0.29, 0.717) is 0 Å². The normalized spacial score (nSPS) is 21.2. The Labute approximate surface area is 134 Å². The van der Waals surface area contributed by atoms with Crippen molar-refractivity contribution in [3.63, 3.8) is 0 Å². The van der Waals surface area contributed by atoms with E-state index < -0.39 is 0 Å². The average Bonchev–Trinajstić information content (AvgIpc) is 2.94. The molecule has 2 N–H and O–H groups in total. The Bertz CT molecular complexity index is 408. The lowest BCUT2D eigenvalue weighted by atomic mass is 10.3. The van der Waals surface area contributed by atoms with Gasteiger partial charge in [-0.15, -0.1) is 24.2 Å². The number of thioether (sulfide) groups is 2. The molecule has 0 bridgehead atoms. The van der Waals surface area contributed by atoms with Crippen LogP contribution < -0.4 is 10.6 Å². The van der Waals surface area contributed by atoms with Crippen molar-refractivity contribution in [1.82, 2.24) is 15.6 Å². The molecule has 0 aliphatic carbocycles. The van der Waals surface area contributed by atoms with Crippen LogP contribution in [0.5, 0.6) is 0 Å². The number of aromatic nitrogens is 1. The molecule has 1 aliphatic rings. The number of halogens is 1. The fourth-order valence-electron chi connectivity index (χ4n) is 1.88. The van der Waals surface area contributed by atoms with Gasteiger partial charge in [0.25, 0.3) is 0 Å². The summed E-state index contributed by atoms with van der Waals surface area (Å²) in [6, 6.07) is 5.76. The highest BCUT2D eigenvalue weighted by Gasteiger charge is 2.30. The summed E-state index contributed by atoms with van der Waals surface area (Å²) in [5.74, 6) is 1.99. The number of rotatable bonds is 6. The summed E-state index contributed by atoms with van der Waals surface area (Å²) >= 11 is 3.54. The topological polar surface area (TPSA) is 54.0 Å². The number of carbonyl (C=O) groups excluding carboxylic acids is 1. The molecule has 2 atom stereocenters. The highest BCUT2D eigenvalue weighted by atomic mass is 35.5. The Morgan fingerprint density at radius 3 is 3.15 bits per heavy atom. The van der Waals surface area contributed by atoms with Gasteiger partial charge in [-0.3, -0.25) is 15.1 Å². The van der Waals surface area contributed by atoms with Crippen molar-refractivity contribution in [2.45, 2.75) is 17.8 Å². The number of hydrogen-bond acceptors (Lipinski definition) is 5. The molecule has 4 nitrogen and oxygen atoms in total. The molecule has 1 fully saturated rings. The van der Waals surface area contributed by atoms with Gasteiger partial charge in [0.1, 0.15) is 0 Å². The van der Waals surface area contributed by atoms with Crippen molar-refractivity contribution >= 4 is 41.8 Å². The van der Waals surface area contributed by atoms with Gasteiger partial charge < -0.3 is 5.32 Å². The van der Waals surface area contributed by atoms with E-state index in [2.05, 4.69) is 21.9 Å². The zero-order valence-corrected chi connectivity index (χ0v) is 13.8. The van der Waals surface area contributed by atoms with E-state index in [1.165, 1.54) is 0 Å². The van der Waals surface area contributed by atoms with Crippen LogP contribution in [0, 0.1) is 0 Å². The van der Waals surface area contributed by atoms with Crippen LogP contribution >= 0.6 is 35.9 Å². The van der Waals surface area contributed by atoms with E-state index in [4.69, 9.17) is 0 Å². The Morgan fingerprint density at radius 2 is 2.45 bits per heavy atom. The van der Waals surface area contributed by atoms with Gasteiger partial charge in [-0.1, -0.05) is 6.07 Å². The second kappa shape index (κ2) is 9.50. The van der Waals surface area contributed by atoms with Gasteiger partial charge in [0.2, 0.25) is 5.91 Å². The van der Waals surface area contributed by atoms with Gasteiger partial charge in [-0.25, -0.2) is 0 Å². The summed E-state index contributed by atoms with van der Waals surface area (Å²) in [6.07, 6.45) is 4.89. The SMILES string of the molecule is CSCCCNC(=O)C1CSC(c2ccccn2)N1.Cl. The highest BCUT2D eigenvalue weighted by Crippen LogP contribution is 2.31. The molecule has 0 radical (unpaired) electrons. The molecule has 0 aromatic carbocycles. The van der Waals surface area contributed by atoms with Gasteiger partial charge >= 0.3 is 0 Å². The van der Waals surface area contributed by atoms with Gasteiger partial charge in [0.05, 0.1) is 17.1 Å². The summed E-state index contributed by atoms with van der Waals surface area (Å²) in [4.78, 5) is 16.3. The van der Waals surface area contributed by atoms with Gasteiger partial charge in [0, 0.05) is 18.5 Å². The first kappa shape index (κ1) is 17.6. The lowest BCUT2D eigenvalue weighted by Gasteiger charge is -2.13. The second-order valence-corrected chi connectivity index (χ2v) is 6.45.